The molecule has 28 heavy (non-hydrogen) atoms. The van der Waals surface area contributed by atoms with E-state index in [4.69, 9.17) is 4.74 Å². The number of ether oxygens (including phenoxy) is 1. The number of piperazine rings is 1. The van der Waals surface area contributed by atoms with E-state index in [0.717, 1.165) is 13.0 Å². The van der Waals surface area contributed by atoms with Gasteiger partial charge in [-0.3, -0.25) is 14.4 Å². The minimum atomic E-state index is -0.408. The standard InChI is InChI=1S/C21H37N3O4/c1-14(2)12-18-20(26)24(11-8-22-18)19(13-15(3)4)21(27)23-9-6-17(7-10-23)28-16(5)25/h14-15,17-19,22H,6-13H2,1-5H3. The number of hydrogen-bond donors (Lipinski definition) is 1. The zero-order chi connectivity index (χ0) is 20.8. The van der Waals surface area contributed by atoms with E-state index in [1.165, 1.54) is 6.92 Å². The summed E-state index contributed by atoms with van der Waals surface area (Å²) in [6, 6.07) is -0.611. The molecule has 0 bridgehead atoms. The molecule has 7 nitrogen and oxygen atoms in total. The van der Waals surface area contributed by atoms with Gasteiger partial charge < -0.3 is 19.9 Å². The molecule has 2 aliphatic heterocycles. The molecule has 0 aromatic rings. The molecule has 2 atom stereocenters. The average Bonchev–Trinajstić information content (AvgIpc) is 2.61. The number of hydrogen-bond acceptors (Lipinski definition) is 5. The van der Waals surface area contributed by atoms with Crippen LogP contribution in [0.15, 0.2) is 0 Å². The quantitative estimate of drug-likeness (QED) is 0.665. The normalized spacial score (nSPS) is 22.7. The summed E-state index contributed by atoms with van der Waals surface area (Å²) in [7, 11) is 0. The van der Waals surface area contributed by atoms with E-state index >= 15 is 0 Å². The number of carbonyl (C=O) groups is 3. The zero-order valence-electron chi connectivity index (χ0n) is 18.1. The Kier molecular flexibility index (Phi) is 8.28. The smallest absolute Gasteiger partial charge is 0.302 e. The maximum atomic E-state index is 13.3. The molecule has 2 heterocycles. The monoisotopic (exact) mass is 395 g/mol. The Labute approximate surface area is 169 Å². The van der Waals surface area contributed by atoms with Crippen LogP contribution in [0.2, 0.25) is 0 Å². The second-order valence-corrected chi connectivity index (χ2v) is 8.95. The first-order valence-corrected chi connectivity index (χ1v) is 10.7. The lowest BCUT2D eigenvalue weighted by molar-refractivity contribution is -0.154. The van der Waals surface area contributed by atoms with Crippen molar-refractivity contribution in [2.45, 2.75) is 78.5 Å². The first-order valence-electron chi connectivity index (χ1n) is 10.7. The molecule has 2 saturated heterocycles. The Bertz CT molecular complexity index is 556. The molecule has 2 fully saturated rings. The highest BCUT2D eigenvalue weighted by atomic mass is 16.5. The minimum Gasteiger partial charge on any atom is -0.462 e. The number of amides is 2. The summed E-state index contributed by atoms with van der Waals surface area (Å²) in [5.74, 6) is 0.548. The summed E-state index contributed by atoms with van der Waals surface area (Å²) >= 11 is 0. The van der Waals surface area contributed by atoms with Crippen molar-refractivity contribution in [1.29, 1.82) is 0 Å². The topological polar surface area (TPSA) is 79.0 Å². The molecule has 2 aliphatic rings. The summed E-state index contributed by atoms with van der Waals surface area (Å²) in [4.78, 5) is 41.2. The van der Waals surface area contributed by atoms with Crippen LogP contribution in [0.5, 0.6) is 0 Å². The largest absolute Gasteiger partial charge is 0.462 e. The van der Waals surface area contributed by atoms with Crippen molar-refractivity contribution < 1.29 is 19.1 Å². The number of carbonyl (C=O) groups excluding carboxylic acids is 3. The van der Waals surface area contributed by atoms with Crippen LogP contribution in [0.4, 0.5) is 0 Å². The van der Waals surface area contributed by atoms with Crippen LogP contribution in [0, 0.1) is 11.8 Å². The van der Waals surface area contributed by atoms with Gasteiger partial charge >= 0.3 is 5.97 Å². The fourth-order valence-corrected chi connectivity index (χ4v) is 4.17. The number of rotatable bonds is 7. The number of esters is 1. The summed E-state index contributed by atoms with van der Waals surface area (Å²) in [6.07, 6.45) is 2.66. The van der Waals surface area contributed by atoms with Gasteiger partial charge in [0.25, 0.3) is 0 Å². The van der Waals surface area contributed by atoms with Gasteiger partial charge in [0.15, 0.2) is 0 Å². The van der Waals surface area contributed by atoms with Gasteiger partial charge in [0.1, 0.15) is 12.1 Å². The van der Waals surface area contributed by atoms with Gasteiger partial charge in [0.2, 0.25) is 11.8 Å². The summed E-state index contributed by atoms with van der Waals surface area (Å²) in [6.45, 7) is 12.2. The number of piperidine rings is 1. The minimum absolute atomic E-state index is 0.0357. The Morgan fingerprint density at radius 3 is 2.29 bits per heavy atom. The van der Waals surface area contributed by atoms with Crippen molar-refractivity contribution in [1.82, 2.24) is 15.1 Å². The van der Waals surface area contributed by atoms with E-state index in [1.54, 1.807) is 0 Å². The van der Waals surface area contributed by atoms with E-state index in [9.17, 15) is 14.4 Å². The lowest BCUT2D eigenvalue weighted by atomic mass is 9.95. The molecule has 0 radical (unpaired) electrons. The average molecular weight is 396 g/mol. The van der Waals surface area contributed by atoms with Crippen molar-refractivity contribution in [2.75, 3.05) is 26.2 Å². The van der Waals surface area contributed by atoms with E-state index in [1.807, 2.05) is 9.80 Å². The van der Waals surface area contributed by atoms with Gasteiger partial charge in [0, 0.05) is 45.9 Å². The summed E-state index contributed by atoms with van der Waals surface area (Å²) in [5.41, 5.74) is 0. The molecule has 0 spiro atoms. The summed E-state index contributed by atoms with van der Waals surface area (Å²) < 4.78 is 5.28. The second kappa shape index (κ2) is 10.2. The highest BCUT2D eigenvalue weighted by molar-refractivity contribution is 5.90. The van der Waals surface area contributed by atoms with Gasteiger partial charge in [-0.2, -0.15) is 0 Å². The molecule has 2 amide bonds. The van der Waals surface area contributed by atoms with Crippen molar-refractivity contribution in [3.63, 3.8) is 0 Å². The maximum absolute atomic E-state index is 13.3. The third kappa shape index (κ3) is 6.19. The van der Waals surface area contributed by atoms with Crippen molar-refractivity contribution in [3.8, 4) is 0 Å². The SMILES string of the molecule is CC(=O)OC1CCN(C(=O)C(CC(C)C)N2CCNC(CC(C)C)C2=O)CC1. The third-order valence-electron chi connectivity index (χ3n) is 5.47. The maximum Gasteiger partial charge on any atom is 0.302 e. The molecular weight excluding hydrogens is 358 g/mol. The fourth-order valence-electron chi connectivity index (χ4n) is 4.17. The van der Waals surface area contributed by atoms with Gasteiger partial charge in [-0.25, -0.2) is 0 Å². The first-order chi connectivity index (χ1) is 13.2. The van der Waals surface area contributed by atoms with Crippen LogP contribution in [0.25, 0.3) is 0 Å². The third-order valence-corrected chi connectivity index (χ3v) is 5.47. The number of nitrogens with zero attached hydrogens (tertiary/aromatic N) is 2. The highest BCUT2D eigenvalue weighted by Gasteiger charge is 2.39. The Hall–Kier alpha value is -1.63. The van der Waals surface area contributed by atoms with Crippen LogP contribution < -0.4 is 5.32 Å². The molecule has 160 valence electrons. The van der Waals surface area contributed by atoms with Crippen molar-refractivity contribution in [3.05, 3.63) is 0 Å². The van der Waals surface area contributed by atoms with Gasteiger partial charge in [-0.05, 0) is 24.7 Å². The molecule has 0 saturated carbocycles. The Morgan fingerprint density at radius 1 is 1.11 bits per heavy atom. The van der Waals surface area contributed by atoms with Gasteiger partial charge in [-0.15, -0.1) is 0 Å². The van der Waals surface area contributed by atoms with Crippen LogP contribution in [0.1, 0.15) is 60.3 Å². The van der Waals surface area contributed by atoms with Crippen LogP contribution in [-0.4, -0.2) is 72.0 Å². The molecule has 0 aliphatic carbocycles. The predicted molar refractivity (Wildman–Crippen MR) is 108 cm³/mol. The summed E-state index contributed by atoms with van der Waals surface area (Å²) in [5, 5.41) is 3.32. The van der Waals surface area contributed by atoms with Crippen molar-refractivity contribution >= 4 is 17.8 Å². The number of nitrogens with one attached hydrogen (secondary N) is 1. The van der Waals surface area contributed by atoms with Gasteiger partial charge in [-0.1, -0.05) is 27.7 Å². The zero-order valence-corrected chi connectivity index (χ0v) is 18.1. The number of likely N-dealkylation sites (tertiary alicyclic amines) is 1. The molecule has 7 heteroatoms. The van der Waals surface area contributed by atoms with Gasteiger partial charge in [0.05, 0.1) is 6.04 Å². The predicted octanol–water partition coefficient (Wildman–Crippen LogP) is 1.80. The lowest BCUT2D eigenvalue weighted by Gasteiger charge is -2.42. The van der Waals surface area contributed by atoms with E-state index in [-0.39, 0.29) is 29.9 Å². The van der Waals surface area contributed by atoms with E-state index < -0.39 is 6.04 Å². The highest BCUT2D eigenvalue weighted by Crippen LogP contribution is 2.22. The molecule has 2 rings (SSSR count). The van der Waals surface area contributed by atoms with Crippen LogP contribution >= 0.6 is 0 Å². The molecule has 0 aromatic carbocycles. The van der Waals surface area contributed by atoms with E-state index in [2.05, 4.69) is 33.0 Å². The lowest BCUT2D eigenvalue weighted by Crippen LogP contribution is -2.62. The molecular formula is C21H37N3O4. The Balaban J connectivity index is 2.07. The molecule has 1 N–H and O–H groups in total. The Morgan fingerprint density at radius 2 is 1.75 bits per heavy atom. The van der Waals surface area contributed by atoms with E-state index in [0.29, 0.717) is 50.7 Å². The molecule has 0 aromatic heterocycles. The fraction of sp³-hybridized carbons (Fsp3) is 0.857. The molecule has 2 unspecified atom stereocenters. The first kappa shape index (κ1) is 22.7. The van der Waals surface area contributed by atoms with Crippen molar-refractivity contribution in [2.24, 2.45) is 11.8 Å². The van der Waals surface area contributed by atoms with Crippen LogP contribution in [0.3, 0.4) is 0 Å². The van der Waals surface area contributed by atoms with Crippen LogP contribution in [-0.2, 0) is 19.1 Å². The second-order valence-electron chi connectivity index (χ2n) is 8.95.